The second-order valence-corrected chi connectivity index (χ2v) is 3.25. The Labute approximate surface area is 74.7 Å². The van der Waals surface area contributed by atoms with Crippen LogP contribution >= 0.6 is 0 Å². The lowest BCUT2D eigenvalue weighted by molar-refractivity contribution is 0.0433. The van der Waals surface area contributed by atoms with Gasteiger partial charge in [0.2, 0.25) is 0 Å². The number of nitrogens with one attached hydrogen (secondary N) is 1. The van der Waals surface area contributed by atoms with Gasteiger partial charge in [-0.25, -0.2) is 0 Å². The molecule has 0 spiro atoms. The van der Waals surface area contributed by atoms with Crippen molar-refractivity contribution in [3.8, 4) is 12.3 Å². The molecule has 1 aliphatic rings. The predicted octanol–water partition coefficient (Wildman–Crippen LogP) is 1.17. The summed E-state index contributed by atoms with van der Waals surface area (Å²) in [7, 11) is 1.78. The highest BCUT2D eigenvalue weighted by atomic mass is 16.5. The molecule has 0 aromatic rings. The molecule has 2 heteroatoms. The second-order valence-electron chi connectivity index (χ2n) is 3.25. The van der Waals surface area contributed by atoms with E-state index in [1.807, 2.05) is 0 Å². The van der Waals surface area contributed by atoms with E-state index in [1.54, 1.807) is 7.11 Å². The van der Waals surface area contributed by atoms with Crippen molar-refractivity contribution in [2.24, 2.45) is 0 Å². The molecular formula is C10H17NO. The van der Waals surface area contributed by atoms with Crippen molar-refractivity contribution in [3.05, 3.63) is 0 Å². The van der Waals surface area contributed by atoms with Gasteiger partial charge in [0.05, 0.1) is 12.6 Å². The van der Waals surface area contributed by atoms with Crippen LogP contribution in [0.5, 0.6) is 0 Å². The van der Waals surface area contributed by atoms with Gasteiger partial charge in [-0.15, -0.1) is 6.42 Å². The first kappa shape index (κ1) is 9.57. The van der Waals surface area contributed by atoms with Crippen LogP contribution in [0.1, 0.15) is 25.7 Å². The molecule has 0 saturated heterocycles. The zero-order valence-corrected chi connectivity index (χ0v) is 7.68. The lowest BCUT2D eigenvalue weighted by Gasteiger charge is -2.30. The summed E-state index contributed by atoms with van der Waals surface area (Å²) in [5, 5.41) is 3.31. The Kier molecular flexibility index (Phi) is 4.13. The first-order chi connectivity index (χ1) is 5.88. The van der Waals surface area contributed by atoms with E-state index in [0.717, 1.165) is 0 Å². The van der Waals surface area contributed by atoms with Crippen LogP contribution in [-0.4, -0.2) is 25.8 Å². The maximum Gasteiger partial charge on any atom is 0.0724 e. The standard InChI is InChI=1S/C10H17NO/c1-3-8-11-9-6-4-5-7-10(9)12-2/h1,9-11H,4-8H2,2H3/t9-,10-/m1/s1. The van der Waals surface area contributed by atoms with Crippen LogP contribution in [0.4, 0.5) is 0 Å². The number of hydrogen-bond acceptors (Lipinski definition) is 2. The largest absolute Gasteiger partial charge is 0.380 e. The van der Waals surface area contributed by atoms with Crippen LogP contribution < -0.4 is 5.32 Å². The molecule has 2 nitrogen and oxygen atoms in total. The average Bonchev–Trinajstić information content (AvgIpc) is 2.15. The molecule has 68 valence electrons. The summed E-state index contributed by atoms with van der Waals surface area (Å²) in [5.74, 6) is 2.59. The molecule has 1 saturated carbocycles. The van der Waals surface area contributed by atoms with Gasteiger partial charge < -0.3 is 10.1 Å². The van der Waals surface area contributed by atoms with Gasteiger partial charge in [0.25, 0.3) is 0 Å². The van der Waals surface area contributed by atoms with Crippen molar-refractivity contribution in [2.45, 2.75) is 37.8 Å². The Bertz CT molecular complexity index is 162. The Balaban J connectivity index is 2.32. The van der Waals surface area contributed by atoms with Gasteiger partial charge in [-0.1, -0.05) is 18.8 Å². The average molecular weight is 167 g/mol. The fourth-order valence-electron chi connectivity index (χ4n) is 1.80. The summed E-state index contributed by atoms with van der Waals surface area (Å²) >= 11 is 0. The van der Waals surface area contributed by atoms with Gasteiger partial charge in [0, 0.05) is 13.2 Å². The lowest BCUT2D eigenvalue weighted by Crippen LogP contribution is -2.43. The molecule has 0 heterocycles. The summed E-state index contributed by atoms with van der Waals surface area (Å²) in [6.45, 7) is 0.657. The molecule has 0 unspecified atom stereocenters. The van der Waals surface area contributed by atoms with Crippen molar-refractivity contribution < 1.29 is 4.74 Å². The number of rotatable bonds is 3. The summed E-state index contributed by atoms with van der Waals surface area (Å²) in [4.78, 5) is 0. The van der Waals surface area contributed by atoms with E-state index in [9.17, 15) is 0 Å². The lowest BCUT2D eigenvalue weighted by atomic mass is 9.92. The maximum atomic E-state index is 5.37. The minimum absolute atomic E-state index is 0.368. The fraction of sp³-hybridized carbons (Fsp3) is 0.800. The molecule has 0 aliphatic heterocycles. The van der Waals surface area contributed by atoms with Gasteiger partial charge in [-0.3, -0.25) is 0 Å². The molecule has 1 fully saturated rings. The fourth-order valence-corrected chi connectivity index (χ4v) is 1.80. The van der Waals surface area contributed by atoms with Crippen LogP contribution in [0.3, 0.4) is 0 Å². The van der Waals surface area contributed by atoms with Crippen LogP contribution in [0, 0.1) is 12.3 Å². The van der Waals surface area contributed by atoms with Crippen molar-refractivity contribution >= 4 is 0 Å². The van der Waals surface area contributed by atoms with Gasteiger partial charge in [0.15, 0.2) is 0 Å². The molecule has 12 heavy (non-hydrogen) atoms. The molecule has 0 amide bonds. The highest BCUT2D eigenvalue weighted by Gasteiger charge is 2.23. The van der Waals surface area contributed by atoms with Crippen molar-refractivity contribution in [1.82, 2.24) is 5.32 Å². The van der Waals surface area contributed by atoms with Crippen LogP contribution in [0.25, 0.3) is 0 Å². The van der Waals surface area contributed by atoms with Crippen LogP contribution in [-0.2, 0) is 4.74 Å². The summed E-state index contributed by atoms with van der Waals surface area (Å²) < 4.78 is 5.37. The number of terminal acetylenes is 1. The van der Waals surface area contributed by atoms with E-state index in [4.69, 9.17) is 11.2 Å². The highest BCUT2D eigenvalue weighted by Crippen LogP contribution is 2.20. The van der Waals surface area contributed by atoms with Crippen LogP contribution in [0.15, 0.2) is 0 Å². The topological polar surface area (TPSA) is 21.3 Å². The first-order valence-electron chi connectivity index (χ1n) is 4.58. The molecule has 0 radical (unpaired) electrons. The third kappa shape index (κ3) is 2.51. The van der Waals surface area contributed by atoms with Crippen LogP contribution in [0.2, 0.25) is 0 Å². The van der Waals surface area contributed by atoms with Crippen molar-refractivity contribution in [2.75, 3.05) is 13.7 Å². The molecule has 1 aliphatic carbocycles. The number of ether oxygens (including phenoxy) is 1. The summed E-state index contributed by atoms with van der Waals surface area (Å²) in [6, 6.07) is 0.472. The molecule has 2 atom stereocenters. The Hall–Kier alpha value is -0.520. The molecule has 0 bridgehead atoms. The molecule has 0 aromatic heterocycles. The second kappa shape index (κ2) is 5.18. The molecular weight excluding hydrogens is 150 g/mol. The quantitative estimate of drug-likeness (QED) is 0.637. The molecule has 1 rings (SSSR count). The minimum atomic E-state index is 0.368. The predicted molar refractivity (Wildman–Crippen MR) is 49.9 cm³/mol. The highest BCUT2D eigenvalue weighted by molar-refractivity contribution is 4.91. The van der Waals surface area contributed by atoms with E-state index >= 15 is 0 Å². The SMILES string of the molecule is C#CCN[C@@H]1CCCC[C@H]1OC. The maximum absolute atomic E-state index is 5.37. The number of hydrogen-bond donors (Lipinski definition) is 1. The summed E-state index contributed by atoms with van der Waals surface area (Å²) in [5.41, 5.74) is 0. The van der Waals surface area contributed by atoms with Gasteiger partial charge in [-0.05, 0) is 12.8 Å². The Morgan fingerprint density at radius 1 is 1.50 bits per heavy atom. The zero-order valence-electron chi connectivity index (χ0n) is 7.68. The molecule has 0 aromatic carbocycles. The number of methoxy groups -OCH3 is 1. The van der Waals surface area contributed by atoms with Crippen molar-refractivity contribution in [3.63, 3.8) is 0 Å². The zero-order chi connectivity index (χ0) is 8.81. The van der Waals surface area contributed by atoms with E-state index in [-0.39, 0.29) is 0 Å². The third-order valence-corrected chi connectivity index (χ3v) is 2.47. The van der Waals surface area contributed by atoms with Gasteiger partial charge in [-0.2, -0.15) is 0 Å². The summed E-state index contributed by atoms with van der Waals surface area (Å²) in [6.07, 6.45) is 10.5. The van der Waals surface area contributed by atoms with E-state index in [1.165, 1.54) is 25.7 Å². The molecule has 1 N–H and O–H groups in total. The third-order valence-electron chi connectivity index (χ3n) is 2.47. The van der Waals surface area contributed by atoms with E-state index in [2.05, 4.69) is 11.2 Å². The minimum Gasteiger partial charge on any atom is -0.380 e. The first-order valence-corrected chi connectivity index (χ1v) is 4.58. The smallest absolute Gasteiger partial charge is 0.0724 e. The monoisotopic (exact) mass is 167 g/mol. The van der Waals surface area contributed by atoms with Gasteiger partial charge >= 0.3 is 0 Å². The van der Waals surface area contributed by atoms with Gasteiger partial charge in [0.1, 0.15) is 0 Å². The Morgan fingerprint density at radius 3 is 2.92 bits per heavy atom. The Morgan fingerprint density at radius 2 is 2.25 bits per heavy atom. The van der Waals surface area contributed by atoms with E-state index < -0.39 is 0 Å². The normalized spacial score (nSPS) is 29.7. The van der Waals surface area contributed by atoms with E-state index in [0.29, 0.717) is 18.7 Å². The van der Waals surface area contributed by atoms with Crippen molar-refractivity contribution in [1.29, 1.82) is 0 Å².